The van der Waals surface area contributed by atoms with E-state index in [0.29, 0.717) is 25.7 Å². The van der Waals surface area contributed by atoms with Crippen molar-refractivity contribution in [1.29, 1.82) is 0 Å². The first-order chi connectivity index (χ1) is 48.7. The second-order valence-corrected chi connectivity index (χ2v) is 29.5. The summed E-state index contributed by atoms with van der Waals surface area (Å²) in [4.78, 5) is 72.9. The zero-order valence-corrected chi connectivity index (χ0v) is 65.2. The zero-order chi connectivity index (χ0) is 73.2. The smallest absolute Gasteiger partial charge is 0.462 e. The number of phosphoric ester groups is 2. The summed E-state index contributed by atoms with van der Waals surface area (Å²) in [5, 5.41) is 10.6. The van der Waals surface area contributed by atoms with Crippen molar-refractivity contribution < 1.29 is 80.2 Å². The van der Waals surface area contributed by atoms with Gasteiger partial charge in [-0.3, -0.25) is 37.3 Å². The Bertz CT molecular complexity index is 2230. The predicted molar refractivity (Wildman–Crippen MR) is 409 cm³/mol. The number of esters is 4. The van der Waals surface area contributed by atoms with E-state index in [1.807, 2.05) is 0 Å². The highest BCUT2D eigenvalue weighted by atomic mass is 31.2. The molecular formula is C81H144O17P2. The average Bonchev–Trinajstić information content (AvgIpc) is 0.945. The summed E-state index contributed by atoms with van der Waals surface area (Å²) in [7, 11) is -9.95. The van der Waals surface area contributed by atoms with Crippen LogP contribution < -0.4 is 0 Å². The Labute approximate surface area is 608 Å². The summed E-state index contributed by atoms with van der Waals surface area (Å²) < 4.78 is 68.5. The molecule has 0 aromatic heterocycles. The maximum absolute atomic E-state index is 13.1. The van der Waals surface area contributed by atoms with Crippen molar-refractivity contribution in [1.82, 2.24) is 0 Å². The molecule has 580 valence electrons. The number of hydrogen-bond donors (Lipinski definition) is 3. The Balaban J connectivity index is 5.32. The van der Waals surface area contributed by atoms with Gasteiger partial charge in [0.1, 0.15) is 19.3 Å². The van der Waals surface area contributed by atoms with Gasteiger partial charge < -0.3 is 33.8 Å². The zero-order valence-electron chi connectivity index (χ0n) is 63.4. The molecule has 0 saturated heterocycles. The molecule has 0 fully saturated rings. The Morgan fingerprint density at radius 2 is 0.530 bits per heavy atom. The second kappa shape index (κ2) is 73.5. The molecule has 0 aliphatic rings. The van der Waals surface area contributed by atoms with Crippen LogP contribution >= 0.6 is 15.6 Å². The molecule has 0 aromatic carbocycles. The van der Waals surface area contributed by atoms with Crippen LogP contribution in [-0.4, -0.2) is 96.7 Å². The third kappa shape index (κ3) is 72.6. The number of unbranched alkanes of at least 4 members (excludes halogenated alkanes) is 35. The molecule has 19 heteroatoms. The number of ether oxygens (including phenoxy) is 4. The molecule has 100 heavy (non-hydrogen) atoms. The summed E-state index contributed by atoms with van der Waals surface area (Å²) in [6.45, 7) is 4.70. The van der Waals surface area contributed by atoms with E-state index in [-0.39, 0.29) is 25.7 Å². The summed E-state index contributed by atoms with van der Waals surface area (Å²) in [6.07, 6.45) is 75.6. The van der Waals surface area contributed by atoms with Crippen molar-refractivity contribution in [3.05, 3.63) is 85.1 Å². The Kier molecular flexibility index (Phi) is 70.8. The van der Waals surface area contributed by atoms with Crippen LogP contribution in [-0.2, 0) is 65.4 Å². The van der Waals surface area contributed by atoms with E-state index in [0.717, 1.165) is 173 Å². The molecule has 0 aliphatic heterocycles. The molecule has 0 bridgehead atoms. The van der Waals surface area contributed by atoms with Gasteiger partial charge in [0, 0.05) is 25.7 Å². The van der Waals surface area contributed by atoms with Gasteiger partial charge in [-0.25, -0.2) is 9.13 Å². The van der Waals surface area contributed by atoms with Gasteiger partial charge in [0.15, 0.2) is 12.2 Å². The number of allylic oxidation sites excluding steroid dienone is 14. The molecule has 5 unspecified atom stereocenters. The van der Waals surface area contributed by atoms with Crippen molar-refractivity contribution in [2.24, 2.45) is 0 Å². The van der Waals surface area contributed by atoms with Gasteiger partial charge >= 0.3 is 39.5 Å². The van der Waals surface area contributed by atoms with E-state index < -0.39 is 97.5 Å². The molecule has 0 rings (SSSR count). The maximum Gasteiger partial charge on any atom is 0.472 e. The summed E-state index contributed by atoms with van der Waals surface area (Å²) in [5.74, 6) is -2.19. The van der Waals surface area contributed by atoms with Crippen LogP contribution in [0.2, 0.25) is 0 Å². The second-order valence-electron chi connectivity index (χ2n) is 26.6. The highest BCUT2D eigenvalue weighted by Gasteiger charge is 2.30. The quantitative estimate of drug-likeness (QED) is 0.0169. The molecule has 0 amide bonds. The van der Waals surface area contributed by atoms with Gasteiger partial charge in [-0.1, -0.05) is 293 Å². The van der Waals surface area contributed by atoms with Crippen molar-refractivity contribution in [3.63, 3.8) is 0 Å². The first-order valence-corrected chi connectivity index (χ1v) is 42.8. The number of rotatable bonds is 75. The molecule has 0 radical (unpaired) electrons. The fourth-order valence-corrected chi connectivity index (χ4v) is 12.3. The fourth-order valence-electron chi connectivity index (χ4n) is 10.8. The topological polar surface area (TPSA) is 237 Å². The number of hydrogen-bond acceptors (Lipinski definition) is 15. The summed E-state index contributed by atoms with van der Waals surface area (Å²) >= 11 is 0. The molecule has 0 saturated carbocycles. The number of phosphoric acid groups is 2. The van der Waals surface area contributed by atoms with Crippen LogP contribution in [0.25, 0.3) is 0 Å². The Morgan fingerprint density at radius 1 is 0.290 bits per heavy atom. The molecule has 17 nitrogen and oxygen atoms in total. The minimum atomic E-state index is -4.98. The fraction of sp³-hybridized carbons (Fsp3) is 0.778. The van der Waals surface area contributed by atoms with E-state index in [2.05, 4.69) is 113 Å². The van der Waals surface area contributed by atoms with Gasteiger partial charge in [-0.2, -0.15) is 0 Å². The van der Waals surface area contributed by atoms with Gasteiger partial charge in [0.2, 0.25) is 0 Å². The number of aliphatic hydroxyl groups is 1. The molecule has 0 spiro atoms. The van der Waals surface area contributed by atoms with Crippen molar-refractivity contribution in [2.45, 2.75) is 367 Å². The third-order valence-corrected chi connectivity index (χ3v) is 18.7. The van der Waals surface area contributed by atoms with Crippen molar-refractivity contribution in [2.75, 3.05) is 39.6 Å². The van der Waals surface area contributed by atoms with Crippen LogP contribution in [0.3, 0.4) is 0 Å². The lowest BCUT2D eigenvalue weighted by Crippen LogP contribution is -2.30. The van der Waals surface area contributed by atoms with Gasteiger partial charge in [0.25, 0.3) is 0 Å². The normalized spacial score (nSPS) is 14.3. The van der Waals surface area contributed by atoms with Crippen LogP contribution in [0.15, 0.2) is 85.1 Å². The minimum absolute atomic E-state index is 0.0818. The number of aliphatic hydroxyl groups excluding tert-OH is 1. The third-order valence-electron chi connectivity index (χ3n) is 16.8. The minimum Gasteiger partial charge on any atom is -0.462 e. The molecule has 5 atom stereocenters. The number of carbonyl (C=O) groups excluding carboxylic acids is 4. The SMILES string of the molecule is CC/C=C\C/C=C\C/C=C\CCCCCCCC(=O)OCC(COP(=O)(O)OCC(O)COP(=O)(O)OCC(COC(=O)CCCCCCCC/C=C\C/C=C\C/C=C\CCCCC)OC(=O)CCCCCCCCCCCCCCCCC)OC(=O)CCCCCCC/C=C\CCCC. The van der Waals surface area contributed by atoms with Gasteiger partial charge in [-0.15, -0.1) is 0 Å². The standard InChI is InChI=1S/C81H144O17P2/c1-5-9-13-17-21-25-29-32-35-36-37-38-41-43-47-50-54-58-62-66-79(84)92-72-77(98-81(86)68-64-60-56-52-48-44-40-34-31-27-23-19-15-11-7-3)74-96-100(89,90)94-70-75(82)69-93-99(87,88)95-73-76(97-80(85)67-63-59-55-51-45-28-24-20-16-12-8-4)71-91-78(83)65-61-57-53-49-46-42-39-33-30-26-22-18-14-10-6-2/h10,14,20-22,24-26,32-33,35,37-39,75-77,82H,5-9,11-13,15-19,23,27-31,34,36,40-74H2,1-4H3,(H,87,88)(H,89,90)/b14-10-,24-20-,25-21-,26-22-,35-32-,38-37-,39-33-. The van der Waals surface area contributed by atoms with E-state index in [9.17, 15) is 43.2 Å². The van der Waals surface area contributed by atoms with E-state index in [1.165, 1.54) is 96.3 Å². The Hall–Kier alpha value is -3.76. The highest BCUT2D eigenvalue weighted by molar-refractivity contribution is 7.47. The van der Waals surface area contributed by atoms with Crippen LogP contribution in [0.4, 0.5) is 0 Å². The van der Waals surface area contributed by atoms with E-state index in [4.69, 9.17) is 37.0 Å². The lowest BCUT2D eigenvalue weighted by atomic mass is 10.0. The first-order valence-electron chi connectivity index (χ1n) is 39.8. The van der Waals surface area contributed by atoms with Crippen LogP contribution in [0.1, 0.15) is 349 Å². The van der Waals surface area contributed by atoms with Crippen molar-refractivity contribution in [3.8, 4) is 0 Å². The summed E-state index contributed by atoms with van der Waals surface area (Å²) in [6, 6.07) is 0. The molecular weight excluding hydrogens is 1310 g/mol. The summed E-state index contributed by atoms with van der Waals surface area (Å²) in [5.41, 5.74) is 0. The van der Waals surface area contributed by atoms with E-state index >= 15 is 0 Å². The highest BCUT2D eigenvalue weighted by Crippen LogP contribution is 2.45. The van der Waals surface area contributed by atoms with Crippen LogP contribution in [0, 0.1) is 0 Å². The predicted octanol–water partition coefficient (Wildman–Crippen LogP) is 23.0. The van der Waals surface area contributed by atoms with Gasteiger partial charge in [0.05, 0.1) is 26.4 Å². The number of carbonyl (C=O) groups is 4. The molecule has 3 N–H and O–H groups in total. The molecule has 0 aliphatic carbocycles. The molecule has 0 heterocycles. The Morgan fingerprint density at radius 3 is 0.860 bits per heavy atom. The van der Waals surface area contributed by atoms with Crippen LogP contribution in [0.5, 0.6) is 0 Å². The average molecular weight is 1450 g/mol. The lowest BCUT2D eigenvalue weighted by Gasteiger charge is -2.21. The van der Waals surface area contributed by atoms with Crippen molar-refractivity contribution >= 4 is 39.5 Å². The first kappa shape index (κ1) is 96.2. The largest absolute Gasteiger partial charge is 0.472 e. The van der Waals surface area contributed by atoms with Gasteiger partial charge in [-0.05, 0) is 116 Å². The monoisotopic (exact) mass is 1450 g/mol. The molecule has 0 aromatic rings. The van der Waals surface area contributed by atoms with E-state index in [1.54, 1.807) is 0 Å². The maximum atomic E-state index is 13.1. The lowest BCUT2D eigenvalue weighted by molar-refractivity contribution is -0.161.